The molecule has 1 atom stereocenters. The van der Waals surface area contributed by atoms with Gasteiger partial charge in [-0.3, -0.25) is 9.89 Å². The number of carbonyl (C=O) groups excluding carboxylic acids is 1. The van der Waals surface area contributed by atoms with Crippen LogP contribution in [0.15, 0.2) is 36.5 Å². The normalized spacial score (nSPS) is 12.3. The van der Waals surface area contributed by atoms with Crippen molar-refractivity contribution in [1.29, 1.82) is 0 Å². The van der Waals surface area contributed by atoms with Gasteiger partial charge in [-0.15, -0.1) is 0 Å². The number of H-pyrrole nitrogens is 1. The Bertz CT molecular complexity index is 894. The maximum atomic E-state index is 13.3. The van der Waals surface area contributed by atoms with Gasteiger partial charge in [0.15, 0.2) is 0 Å². The maximum Gasteiger partial charge on any atom is 0.270 e. The first-order chi connectivity index (χ1) is 12.1. The first-order valence-electron chi connectivity index (χ1n) is 8.06. The molecule has 3 N–H and O–H groups in total. The van der Waals surface area contributed by atoms with Crippen molar-refractivity contribution in [2.75, 3.05) is 6.61 Å². The molecular weight excluding hydrogens is 323 g/mol. The van der Waals surface area contributed by atoms with Crippen molar-refractivity contribution >= 4 is 16.8 Å². The van der Waals surface area contributed by atoms with E-state index >= 15 is 0 Å². The summed E-state index contributed by atoms with van der Waals surface area (Å²) in [5, 5.41) is 19.7. The molecule has 0 saturated heterocycles. The molecule has 3 rings (SSSR count). The highest BCUT2D eigenvalue weighted by molar-refractivity contribution is 5.96. The molecule has 0 aliphatic carbocycles. The van der Waals surface area contributed by atoms with Gasteiger partial charge in [0.05, 0.1) is 12.8 Å². The second kappa shape index (κ2) is 7.40. The summed E-state index contributed by atoms with van der Waals surface area (Å²) < 4.78 is 13.3. The number of halogens is 1. The maximum absolute atomic E-state index is 13.3. The summed E-state index contributed by atoms with van der Waals surface area (Å²) in [6, 6.07) is 7.82. The molecule has 0 saturated carbocycles. The van der Waals surface area contributed by atoms with Crippen LogP contribution in [-0.2, 0) is 12.8 Å². The van der Waals surface area contributed by atoms with Gasteiger partial charge < -0.3 is 10.4 Å². The van der Waals surface area contributed by atoms with Gasteiger partial charge in [-0.2, -0.15) is 5.10 Å². The van der Waals surface area contributed by atoms with Crippen LogP contribution in [-0.4, -0.2) is 38.8 Å². The van der Waals surface area contributed by atoms with Crippen molar-refractivity contribution in [1.82, 2.24) is 20.5 Å². The Kier molecular flexibility index (Phi) is 5.04. The second-order valence-electron chi connectivity index (χ2n) is 5.98. The van der Waals surface area contributed by atoms with Gasteiger partial charge in [0.25, 0.3) is 5.91 Å². The molecule has 25 heavy (non-hydrogen) atoms. The molecule has 2 heterocycles. The summed E-state index contributed by atoms with van der Waals surface area (Å²) in [6.45, 7) is 1.57. The molecule has 1 amide bonds. The molecule has 3 aromatic rings. The SMILES string of the molecule is C[C@@H](CO)NC(=O)c1cc2c(CCc3cccc(F)c3)[nH]nc2cn1. The predicted octanol–water partition coefficient (Wildman–Crippen LogP) is 1.99. The van der Waals surface area contributed by atoms with Crippen LogP contribution < -0.4 is 5.32 Å². The van der Waals surface area contributed by atoms with Gasteiger partial charge >= 0.3 is 0 Å². The number of nitrogens with one attached hydrogen (secondary N) is 2. The van der Waals surface area contributed by atoms with Crippen LogP contribution in [0.25, 0.3) is 10.9 Å². The van der Waals surface area contributed by atoms with Crippen LogP contribution in [0.5, 0.6) is 0 Å². The Labute approximate surface area is 144 Å². The zero-order valence-electron chi connectivity index (χ0n) is 13.8. The standard InChI is InChI=1S/C18H19FN4O2/c1-11(10-24)21-18(25)16-8-14-15(22-23-17(14)9-20-16)6-5-12-3-2-4-13(19)7-12/h2-4,7-9,11,24H,5-6,10H2,1H3,(H,21,25)(H,22,23)/t11-/m0/s1. The minimum absolute atomic E-state index is 0.140. The van der Waals surface area contributed by atoms with Crippen LogP contribution in [0.2, 0.25) is 0 Å². The van der Waals surface area contributed by atoms with Crippen LogP contribution in [0.4, 0.5) is 4.39 Å². The van der Waals surface area contributed by atoms with Gasteiger partial charge in [-0.25, -0.2) is 9.37 Å². The minimum Gasteiger partial charge on any atom is -0.394 e. The third-order valence-corrected chi connectivity index (χ3v) is 3.96. The highest BCUT2D eigenvalue weighted by Crippen LogP contribution is 2.18. The molecule has 0 radical (unpaired) electrons. The van der Waals surface area contributed by atoms with E-state index in [9.17, 15) is 9.18 Å². The molecule has 0 fully saturated rings. The number of aliphatic hydroxyl groups excluding tert-OH is 1. The zero-order chi connectivity index (χ0) is 17.8. The van der Waals surface area contributed by atoms with E-state index in [1.807, 2.05) is 6.07 Å². The Morgan fingerprint density at radius 2 is 2.20 bits per heavy atom. The smallest absolute Gasteiger partial charge is 0.270 e. The molecule has 130 valence electrons. The number of aromatic nitrogens is 3. The summed E-state index contributed by atoms with van der Waals surface area (Å²) in [7, 11) is 0. The summed E-state index contributed by atoms with van der Waals surface area (Å²) in [5.41, 5.74) is 2.69. The van der Waals surface area contributed by atoms with Gasteiger partial charge in [0, 0.05) is 17.1 Å². The van der Waals surface area contributed by atoms with Gasteiger partial charge in [-0.05, 0) is 43.5 Å². The fourth-order valence-corrected chi connectivity index (χ4v) is 2.59. The molecule has 2 aromatic heterocycles. The number of fused-ring (bicyclic) bond motifs is 1. The lowest BCUT2D eigenvalue weighted by molar-refractivity contribution is 0.0917. The fraction of sp³-hybridized carbons (Fsp3) is 0.278. The molecule has 0 aliphatic heterocycles. The zero-order valence-corrected chi connectivity index (χ0v) is 13.8. The Morgan fingerprint density at radius 3 is 2.96 bits per heavy atom. The van der Waals surface area contributed by atoms with Crippen molar-refractivity contribution in [3.8, 4) is 0 Å². The van der Waals surface area contributed by atoms with E-state index in [-0.39, 0.29) is 30.1 Å². The number of aliphatic hydroxyl groups is 1. The summed E-state index contributed by atoms with van der Waals surface area (Å²) in [6.07, 6.45) is 2.83. The predicted molar refractivity (Wildman–Crippen MR) is 91.7 cm³/mol. The Balaban J connectivity index is 1.79. The van der Waals surface area contributed by atoms with E-state index in [0.717, 1.165) is 16.6 Å². The molecule has 0 unspecified atom stereocenters. The van der Waals surface area contributed by atoms with E-state index in [4.69, 9.17) is 5.11 Å². The number of nitrogens with zero attached hydrogens (tertiary/aromatic N) is 2. The van der Waals surface area contributed by atoms with Crippen LogP contribution in [0.3, 0.4) is 0 Å². The number of pyridine rings is 1. The molecule has 1 aromatic carbocycles. The van der Waals surface area contributed by atoms with Crippen LogP contribution in [0.1, 0.15) is 28.7 Å². The van der Waals surface area contributed by atoms with Crippen molar-refractivity contribution in [3.05, 3.63) is 59.3 Å². The molecule has 0 aliphatic rings. The monoisotopic (exact) mass is 342 g/mol. The summed E-state index contributed by atoms with van der Waals surface area (Å²) in [4.78, 5) is 16.3. The number of aryl methyl sites for hydroxylation is 2. The van der Waals surface area contributed by atoms with Crippen LogP contribution in [0, 0.1) is 5.82 Å². The molecule has 0 spiro atoms. The van der Waals surface area contributed by atoms with E-state index < -0.39 is 0 Å². The molecule has 7 heteroatoms. The van der Waals surface area contributed by atoms with Crippen molar-refractivity contribution in [2.24, 2.45) is 0 Å². The first kappa shape index (κ1) is 17.0. The van der Waals surface area contributed by atoms with E-state index in [1.54, 1.807) is 19.1 Å². The first-order valence-corrected chi connectivity index (χ1v) is 8.06. The van der Waals surface area contributed by atoms with Crippen molar-refractivity contribution in [2.45, 2.75) is 25.8 Å². The molecule has 0 bridgehead atoms. The van der Waals surface area contributed by atoms with Gasteiger partial charge in [0.2, 0.25) is 0 Å². The fourth-order valence-electron chi connectivity index (χ4n) is 2.59. The Hall–Kier alpha value is -2.80. The van der Waals surface area contributed by atoms with Gasteiger partial charge in [-0.1, -0.05) is 12.1 Å². The number of amides is 1. The van der Waals surface area contributed by atoms with Crippen molar-refractivity contribution < 1.29 is 14.3 Å². The summed E-state index contributed by atoms with van der Waals surface area (Å²) in [5.74, 6) is -0.603. The number of rotatable bonds is 6. The van der Waals surface area contributed by atoms with E-state index in [0.29, 0.717) is 18.4 Å². The number of hydrogen-bond acceptors (Lipinski definition) is 4. The summed E-state index contributed by atoms with van der Waals surface area (Å²) >= 11 is 0. The third-order valence-electron chi connectivity index (χ3n) is 3.96. The highest BCUT2D eigenvalue weighted by Gasteiger charge is 2.14. The average molecular weight is 342 g/mol. The van der Waals surface area contributed by atoms with E-state index in [2.05, 4.69) is 20.5 Å². The number of aromatic amines is 1. The van der Waals surface area contributed by atoms with Gasteiger partial charge in [0.1, 0.15) is 17.0 Å². The van der Waals surface area contributed by atoms with E-state index in [1.165, 1.54) is 18.3 Å². The lowest BCUT2D eigenvalue weighted by Crippen LogP contribution is -2.35. The second-order valence-corrected chi connectivity index (χ2v) is 5.98. The molecule has 6 nitrogen and oxygen atoms in total. The Morgan fingerprint density at radius 1 is 1.36 bits per heavy atom. The third kappa shape index (κ3) is 4.00. The molecular formula is C18H19FN4O2. The lowest BCUT2D eigenvalue weighted by Gasteiger charge is -2.10. The quantitative estimate of drug-likeness (QED) is 0.639. The number of benzene rings is 1. The minimum atomic E-state index is -0.347. The van der Waals surface area contributed by atoms with Crippen LogP contribution >= 0.6 is 0 Å². The highest BCUT2D eigenvalue weighted by atomic mass is 19.1. The lowest BCUT2D eigenvalue weighted by atomic mass is 10.1. The average Bonchev–Trinajstić information content (AvgIpc) is 3.02. The van der Waals surface area contributed by atoms with Crippen molar-refractivity contribution in [3.63, 3.8) is 0 Å². The topological polar surface area (TPSA) is 90.9 Å². The number of hydrogen-bond donors (Lipinski definition) is 3. The largest absolute Gasteiger partial charge is 0.394 e. The number of carbonyl (C=O) groups is 1.